The van der Waals surface area contributed by atoms with Gasteiger partial charge in [-0.2, -0.15) is 8.78 Å². The fourth-order valence-electron chi connectivity index (χ4n) is 2.23. The van der Waals surface area contributed by atoms with Crippen LogP contribution in [0.3, 0.4) is 0 Å². The smallest absolute Gasteiger partial charge is 0.341 e. The van der Waals surface area contributed by atoms with Crippen molar-refractivity contribution in [2.24, 2.45) is 0 Å². The van der Waals surface area contributed by atoms with E-state index in [2.05, 4.69) is 17.3 Å². The molecule has 112 valence electrons. The highest BCUT2D eigenvalue weighted by molar-refractivity contribution is 7.91. The van der Waals surface area contributed by atoms with Crippen molar-refractivity contribution in [3.8, 4) is 0 Å². The van der Waals surface area contributed by atoms with E-state index in [1.807, 2.05) is 0 Å². The summed E-state index contributed by atoms with van der Waals surface area (Å²) >= 11 is 0. The van der Waals surface area contributed by atoms with Gasteiger partial charge in [0.25, 0.3) is 0 Å². The molecule has 1 N–H and O–H groups in total. The fraction of sp³-hybridized carbons (Fsp3) is 0.538. The molecule has 1 aromatic carbocycles. The number of hydrogen-bond acceptors (Lipinski definition) is 4. The first-order valence-electron chi connectivity index (χ1n) is 6.47. The summed E-state index contributed by atoms with van der Waals surface area (Å²) in [5.74, 6) is -3.38. The van der Waals surface area contributed by atoms with E-state index in [1.165, 1.54) is 24.3 Å². The minimum Gasteiger partial charge on any atom is -0.382 e. The third-order valence-corrected chi connectivity index (χ3v) is 4.91. The number of sulfone groups is 1. The molecule has 1 aliphatic heterocycles. The van der Waals surface area contributed by atoms with Crippen LogP contribution in [0.4, 0.5) is 14.5 Å². The highest BCUT2D eigenvalue weighted by Crippen LogP contribution is 2.21. The summed E-state index contributed by atoms with van der Waals surface area (Å²) in [7, 11) is -2.43. The third kappa shape index (κ3) is 3.46. The number of rotatable bonds is 4. The molecule has 0 spiro atoms. The highest BCUT2D eigenvalue weighted by Gasteiger charge is 2.26. The molecule has 1 heterocycles. The van der Waals surface area contributed by atoms with E-state index in [1.54, 1.807) is 0 Å². The van der Waals surface area contributed by atoms with Crippen LogP contribution < -0.4 is 5.32 Å². The summed E-state index contributed by atoms with van der Waals surface area (Å²) in [6.07, 6.45) is 2.02. The van der Waals surface area contributed by atoms with Gasteiger partial charge in [-0.25, -0.2) is 8.42 Å². The first-order valence-corrected chi connectivity index (χ1v) is 8.01. The van der Waals surface area contributed by atoms with E-state index in [-0.39, 0.29) is 4.90 Å². The molecule has 0 aromatic heterocycles. The minimum atomic E-state index is -4.50. The topological polar surface area (TPSA) is 49.4 Å². The van der Waals surface area contributed by atoms with Crippen molar-refractivity contribution < 1.29 is 17.2 Å². The molecule has 7 heteroatoms. The van der Waals surface area contributed by atoms with Gasteiger partial charge in [0, 0.05) is 11.7 Å². The fourth-order valence-corrected chi connectivity index (χ4v) is 2.95. The van der Waals surface area contributed by atoms with Gasteiger partial charge < -0.3 is 10.2 Å². The zero-order valence-electron chi connectivity index (χ0n) is 11.2. The van der Waals surface area contributed by atoms with Crippen LogP contribution in [0, 0.1) is 0 Å². The maximum Gasteiger partial charge on any atom is 0.341 e. The van der Waals surface area contributed by atoms with Crippen LogP contribution in [0.5, 0.6) is 0 Å². The standard InChI is InChI=1S/C13H18F2N2O2S/c1-17-8-6-11(7-9-17)16-10-2-4-12(5-3-10)20(18,19)13(14)15/h2-5,11,13,16H,6-9H2,1H3. The minimum absolute atomic E-state index is 0.337. The Morgan fingerprint density at radius 2 is 1.75 bits per heavy atom. The maximum atomic E-state index is 12.4. The third-order valence-electron chi connectivity index (χ3n) is 3.51. The van der Waals surface area contributed by atoms with Crippen molar-refractivity contribution in [2.45, 2.75) is 29.5 Å². The molecule has 0 aliphatic carbocycles. The lowest BCUT2D eigenvalue weighted by Gasteiger charge is -2.30. The molecule has 1 fully saturated rings. The number of alkyl halides is 2. The second kappa shape index (κ2) is 6.05. The van der Waals surface area contributed by atoms with Crippen LogP contribution in [0.2, 0.25) is 0 Å². The Labute approximate surface area is 117 Å². The SMILES string of the molecule is CN1CCC(Nc2ccc(S(=O)(=O)C(F)F)cc2)CC1. The zero-order valence-corrected chi connectivity index (χ0v) is 12.0. The lowest BCUT2D eigenvalue weighted by Crippen LogP contribution is -2.36. The monoisotopic (exact) mass is 304 g/mol. The Bertz CT molecular complexity index is 538. The van der Waals surface area contributed by atoms with E-state index in [0.29, 0.717) is 6.04 Å². The zero-order chi connectivity index (χ0) is 14.8. The van der Waals surface area contributed by atoms with Crippen molar-refractivity contribution in [2.75, 3.05) is 25.5 Å². The number of nitrogens with one attached hydrogen (secondary N) is 1. The van der Waals surface area contributed by atoms with Gasteiger partial charge in [-0.15, -0.1) is 0 Å². The second-order valence-electron chi connectivity index (χ2n) is 5.05. The quantitative estimate of drug-likeness (QED) is 0.926. The molecule has 0 amide bonds. The van der Waals surface area contributed by atoms with Gasteiger partial charge in [-0.1, -0.05) is 0 Å². The largest absolute Gasteiger partial charge is 0.382 e. The summed E-state index contributed by atoms with van der Waals surface area (Å²) < 4.78 is 47.4. The Kier molecular flexibility index (Phi) is 4.59. The van der Waals surface area contributed by atoms with Crippen LogP contribution in [-0.4, -0.2) is 45.3 Å². The van der Waals surface area contributed by atoms with E-state index in [4.69, 9.17) is 0 Å². The molecule has 0 radical (unpaired) electrons. The summed E-state index contributed by atoms with van der Waals surface area (Å²) in [5.41, 5.74) is 0.757. The van der Waals surface area contributed by atoms with E-state index < -0.39 is 15.6 Å². The number of anilines is 1. The van der Waals surface area contributed by atoms with Gasteiger partial charge in [-0.3, -0.25) is 0 Å². The molecule has 1 aromatic rings. The molecule has 0 atom stereocenters. The predicted molar refractivity (Wildman–Crippen MR) is 73.8 cm³/mol. The molecule has 1 saturated heterocycles. The Morgan fingerprint density at radius 3 is 2.25 bits per heavy atom. The van der Waals surface area contributed by atoms with Crippen LogP contribution in [0.25, 0.3) is 0 Å². The molecular formula is C13H18F2N2O2S. The Balaban J connectivity index is 2.02. The van der Waals surface area contributed by atoms with Crippen LogP contribution in [0.15, 0.2) is 29.2 Å². The van der Waals surface area contributed by atoms with Crippen LogP contribution in [0.1, 0.15) is 12.8 Å². The van der Waals surface area contributed by atoms with E-state index in [9.17, 15) is 17.2 Å². The van der Waals surface area contributed by atoms with Gasteiger partial charge in [0.15, 0.2) is 0 Å². The second-order valence-corrected chi connectivity index (χ2v) is 6.97. The van der Waals surface area contributed by atoms with Gasteiger partial charge in [-0.05, 0) is 57.2 Å². The number of likely N-dealkylation sites (tertiary alicyclic amines) is 1. The van der Waals surface area contributed by atoms with Crippen molar-refractivity contribution in [3.05, 3.63) is 24.3 Å². The number of piperidine rings is 1. The average Bonchev–Trinajstić information content (AvgIpc) is 2.42. The van der Waals surface area contributed by atoms with Gasteiger partial charge in [0.2, 0.25) is 9.84 Å². The normalized spacial score (nSPS) is 18.4. The molecule has 4 nitrogen and oxygen atoms in total. The number of nitrogens with zero attached hydrogens (tertiary/aromatic N) is 1. The molecule has 0 saturated carbocycles. The van der Waals surface area contributed by atoms with Gasteiger partial charge in [0.05, 0.1) is 4.90 Å². The van der Waals surface area contributed by atoms with Crippen molar-refractivity contribution in [1.29, 1.82) is 0 Å². The molecular weight excluding hydrogens is 286 g/mol. The maximum absolute atomic E-state index is 12.4. The summed E-state index contributed by atoms with van der Waals surface area (Å²) in [6.45, 7) is 2.02. The van der Waals surface area contributed by atoms with Crippen molar-refractivity contribution in [1.82, 2.24) is 4.90 Å². The summed E-state index contributed by atoms with van der Waals surface area (Å²) in [6, 6.07) is 5.85. The summed E-state index contributed by atoms with van der Waals surface area (Å²) in [4.78, 5) is 1.90. The van der Waals surface area contributed by atoms with Gasteiger partial charge >= 0.3 is 5.76 Å². The molecule has 2 rings (SSSR count). The van der Waals surface area contributed by atoms with E-state index >= 15 is 0 Å². The van der Waals surface area contributed by atoms with Crippen LogP contribution in [-0.2, 0) is 9.84 Å². The molecule has 1 aliphatic rings. The predicted octanol–water partition coefficient (Wildman–Crippen LogP) is 2.19. The molecule has 0 unspecified atom stereocenters. The Morgan fingerprint density at radius 1 is 1.20 bits per heavy atom. The van der Waals surface area contributed by atoms with E-state index in [0.717, 1.165) is 31.6 Å². The molecule has 20 heavy (non-hydrogen) atoms. The van der Waals surface area contributed by atoms with Crippen molar-refractivity contribution >= 4 is 15.5 Å². The van der Waals surface area contributed by atoms with Gasteiger partial charge in [0.1, 0.15) is 0 Å². The summed E-state index contributed by atoms with van der Waals surface area (Å²) in [5, 5.41) is 3.30. The first kappa shape index (κ1) is 15.2. The Hall–Kier alpha value is -1.21. The number of hydrogen-bond donors (Lipinski definition) is 1. The lowest BCUT2D eigenvalue weighted by molar-refractivity contribution is 0.234. The lowest BCUT2D eigenvalue weighted by atomic mass is 10.1. The first-order chi connectivity index (χ1) is 9.39. The van der Waals surface area contributed by atoms with Crippen LogP contribution >= 0.6 is 0 Å². The average molecular weight is 304 g/mol. The highest BCUT2D eigenvalue weighted by atomic mass is 32.2. The van der Waals surface area contributed by atoms with Crippen molar-refractivity contribution in [3.63, 3.8) is 0 Å². The number of halogens is 2. The number of benzene rings is 1. The molecule has 0 bridgehead atoms.